The Morgan fingerprint density at radius 1 is 0.891 bits per heavy atom. The number of benzene rings is 4. The Hall–Kier alpha value is -5.36. The molecule has 2 amide bonds. The molecule has 13 heteroatoms. The highest BCUT2D eigenvalue weighted by molar-refractivity contribution is 6.33. The summed E-state index contributed by atoms with van der Waals surface area (Å²) in [5.41, 5.74) is -0.171. The van der Waals surface area contributed by atoms with Crippen LogP contribution in [0, 0.1) is 0 Å². The third kappa shape index (κ3) is 8.85. The number of carboxylic acid groups (broad SMARTS) is 1. The molecule has 0 aliphatic carbocycles. The summed E-state index contributed by atoms with van der Waals surface area (Å²) in [6.07, 6.45) is -5.26. The number of carbonyl (C=O) groups is 4. The molecule has 4 aromatic carbocycles. The zero-order chi connectivity index (χ0) is 33.4. The van der Waals surface area contributed by atoms with Crippen molar-refractivity contribution >= 4 is 41.0 Å². The summed E-state index contributed by atoms with van der Waals surface area (Å²) in [4.78, 5) is 50.8. The van der Waals surface area contributed by atoms with Crippen molar-refractivity contribution in [3.63, 3.8) is 0 Å². The van der Waals surface area contributed by atoms with Gasteiger partial charge >= 0.3 is 18.1 Å². The van der Waals surface area contributed by atoms with Crippen molar-refractivity contribution in [3.05, 3.63) is 124 Å². The molecule has 2 N–H and O–H groups in total. The van der Waals surface area contributed by atoms with Crippen molar-refractivity contribution < 1.29 is 46.9 Å². The van der Waals surface area contributed by atoms with Crippen molar-refractivity contribution in [2.45, 2.75) is 19.1 Å². The molecule has 0 aliphatic rings. The van der Waals surface area contributed by atoms with Crippen molar-refractivity contribution in [1.29, 1.82) is 0 Å². The number of carboxylic acids is 1. The van der Waals surface area contributed by atoms with E-state index in [1.165, 1.54) is 61.7 Å². The van der Waals surface area contributed by atoms with E-state index in [2.05, 4.69) is 5.32 Å². The molecule has 0 spiro atoms. The van der Waals surface area contributed by atoms with Gasteiger partial charge in [-0.05, 0) is 71.8 Å². The highest BCUT2D eigenvalue weighted by Gasteiger charge is 2.34. The van der Waals surface area contributed by atoms with Crippen LogP contribution in [0.2, 0.25) is 5.02 Å². The summed E-state index contributed by atoms with van der Waals surface area (Å²) < 4.78 is 50.7. The van der Waals surface area contributed by atoms with Crippen LogP contribution < -0.4 is 14.8 Å². The lowest BCUT2D eigenvalue weighted by atomic mass is 10.0. The van der Waals surface area contributed by atoms with Crippen LogP contribution in [-0.4, -0.2) is 47.4 Å². The van der Waals surface area contributed by atoms with E-state index in [0.29, 0.717) is 5.56 Å². The van der Waals surface area contributed by atoms with Crippen LogP contribution in [0.3, 0.4) is 0 Å². The predicted molar refractivity (Wildman–Crippen MR) is 162 cm³/mol. The van der Waals surface area contributed by atoms with Gasteiger partial charge in [0.05, 0.1) is 29.7 Å². The Labute approximate surface area is 266 Å². The first-order chi connectivity index (χ1) is 21.8. The number of carbonyl (C=O) groups excluding carboxylic acids is 3. The van der Waals surface area contributed by atoms with Gasteiger partial charge in [-0.1, -0.05) is 41.9 Å². The molecular formula is C33H26ClF3N2O7. The first-order valence-corrected chi connectivity index (χ1v) is 13.9. The fraction of sp³-hybridized carbons (Fsp3) is 0.152. The largest absolute Gasteiger partial charge is 0.497 e. The van der Waals surface area contributed by atoms with E-state index < -0.39 is 48.5 Å². The highest BCUT2D eigenvalue weighted by atomic mass is 35.5. The van der Waals surface area contributed by atoms with Crippen LogP contribution >= 0.6 is 11.6 Å². The van der Waals surface area contributed by atoms with E-state index in [9.17, 15) is 37.5 Å². The monoisotopic (exact) mass is 654 g/mol. The first kappa shape index (κ1) is 33.5. The molecule has 238 valence electrons. The minimum absolute atomic E-state index is 0.000731. The molecule has 0 saturated heterocycles. The molecule has 0 aliphatic heterocycles. The Balaban J connectivity index is 1.40. The predicted octanol–water partition coefficient (Wildman–Crippen LogP) is 6.49. The van der Waals surface area contributed by atoms with Crippen molar-refractivity contribution in [2.75, 3.05) is 19.0 Å². The lowest BCUT2D eigenvalue weighted by Gasteiger charge is -2.21. The molecule has 0 atom stereocenters. The molecule has 4 rings (SSSR count). The number of nitrogens with zero attached hydrogens (tertiary/aromatic N) is 1. The summed E-state index contributed by atoms with van der Waals surface area (Å²) in [7, 11) is 1.24. The summed E-state index contributed by atoms with van der Waals surface area (Å²) in [5, 5.41) is 12.1. The van der Waals surface area contributed by atoms with E-state index in [4.69, 9.17) is 21.1 Å². The molecule has 9 nitrogen and oxygen atoms in total. The number of alkyl halides is 3. The quantitative estimate of drug-likeness (QED) is 0.140. The van der Waals surface area contributed by atoms with Gasteiger partial charge in [0.1, 0.15) is 18.0 Å². The Morgan fingerprint density at radius 2 is 1.54 bits per heavy atom. The third-order valence-corrected chi connectivity index (χ3v) is 6.93. The normalized spacial score (nSPS) is 11.0. The van der Waals surface area contributed by atoms with Crippen LogP contribution in [0.4, 0.5) is 18.9 Å². The molecule has 0 saturated carbocycles. The number of esters is 1. The van der Waals surface area contributed by atoms with Gasteiger partial charge in [-0.15, -0.1) is 0 Å². The van der Waals surface area contributed by atoms with E-state index >= 15 is 0 Å². The minimum Gasteiger partial charge on any atom is -0.497 e. The van der Waals surface area contributed by atoms with E-state index in [0.717, 1.165) is 11.0 Å². The molecule has 0 unspecified atom stereocenters. The summed E-state index contributed by atoms with van der Waals surface area (Å²) >= 11 is 6.04. The molecular weight excluding hydrogens is 629 g/mol. The summed E-state index contributed by atoms with van der Waals surface area (Å²) in [6.45, 7) is -0.713. The highest BCUT2D eigenvalue weighted by Crippen LogP contribution is 2.35. The van der Waals surface area contributed by atoms with Gasteiger partial charge in [-0.2, -0.15) is 13.2 Å². The Kier molecular flexibility index (Phi) is 10.7. The van der Waals surface area contributed by atoms with E-state index in [-0.39, 0.29) is 45.4 Å². The third-order valence-electron chi connectivity index (χ3n) is 6.60. The number of nitrogens with one attached hydrogen (secondary N) is 1. The van der Waals surface area contributed by atoms with Gasteiger partial charge < -0.3 is 24.8 Å². The standard InChI is InChI=1S/C33H26ClF3N2O7/c1-45-25-15-10-22(27(17-25)33(35,36)37)16-29(40)38-23-11-8-21(9-12-23)31(43)39(19-30(41)42)18-20-6-13-24(14-7-20)46-32(44)26-4-2-3-5-28(26)34/h2-15,17H,16,18-19H2,1H3,(H,38,40)(H,41,42). The van der Waals surface area contributed by atoms with Crippen molar-refractivity contribution in [3.8, 4) is 11.5 Å². The number of amides is 2. The first-order valence-electron chi connectivity index (χ1n) is 13.5. The number of anilines is 1. The number of ether oxygens (including phenoxy) is 2. The number of hydrogen-bond donors (Lipinski definition) is 2. The summed E-state index contributed by atoms with van der Waals surface area (Å²) in [5.74, 6) is -3.04. The molecule has 0 radical (unpaired) electrons. The second-order valence-electron chi connectivity index (χ2n) is 9.89. The molecule has 4 aromatic rings. The number of rotatable bonds is 11. The van der Waals surface area contributed by atoms with Gasteiger partial charge in [-0.3, -0.25) is 14.4 Å². The zero-order valence-corrected chi connectivity index (χ0v) is 24.9. The number of hydrogen-bond acceptors (Lipinski definition) is 6. The fourth-order valence-electron chi connectivity index (χ4n) is 4.39. The average molecular weight is 655 g/mol. The molecule has 0 aromatic heterocycles. The second kappa shape index (κ2) is 14.6. The van der Waals surface area contributed by atoms with Crippen LogP contribution in [0.15, 0.2) is 91.0 Å². The second-order valence-corrected chi connectivity index (χ2v) is 10.3. The van der Waals surface area contributed by atoms with Gasteiger partial charge in [0.25, 0.3) is 5.91 Å². The molecule has 46 heavy (non-hydrogen) atoms. The van der Waals surface area contributed by atoms with Crippen LogP contribution in [0.25, 0.3) is 0 Å². The van der Waals surface area contributed by atoms with Gasteiger partial charge in [0.15, 0.2) is 0 Å². The van der Waals surface area contributed by atoms with E-state index in [1.807, 2.05) is 0 Å². The smallest absolute Gasteiger partial charge is 0.416 e. The maximum Gasteiger partial charge on any atom is 0.416 e. The number of halogens is 4. The summed E-state index contributed by atoms with van der Waals surface area (Å²) in [6, 6.07) is 21.3. The zero-order valence-electron chi connectivity index (χ0n) is 24.1. The maximum absolute atomic E-state index is 13.5. The molecule has 0 heterocycles. The van der Waals surface area contributed by atoms with Gasteiger partial charge in [-0.25, -0.2) is 4.79 Å². The van der Waals surface area contributed by atoms with Gasteiger partial charge in [0, 0.05) is 17.8 Å². The van der Waals surface area contributed by atoms with Crippen LogP contribution in [-0.2, 0) is 28.7 Å². The molecule has 0 bridgehead atoms. The average Bonchev–Trinajstić information content (AvgIpc) is 3.01. The maximum atomic E-state index is 13.5. The minimum atomic E-state index is -4.69. The Morgan fingerprint density at radius 3 is 2.15 bits per heavy atom. The van der Waals surface area contributed by atoms with Crippen LogP contribution in [0.1, 0.15) is 37.4 Å². The number of methoxy groups -OCH3 is 1. The fourth-order valence-corrected chi connectivity index (χ4v) is 4.61. The topological polar surface area (TPSA) is 122 Å². The SMILES string of the molecule is COc1ccc(CC(=O)Nc2ccc(C(=O)N(CC(=O)O)Cc3ccc(OC(=O)c4ccccc4Cl)cc3)cc2)c(C(F)(F)F)c1. The number of aliphatic carboxylic acids is 1. The molecule has 0 fully saturated rings. The lowest BCUT2D eigenvalue weighted by molar-refractivity contribution is -0.139. The lowest BCUT2D eigenvalue weighted by Crippen LogP contribution is -2.35. The van der Waals surface area contributed by atoms with Crippen molar-refractivity contribution in [1.82, 2.24) is 4.90 Å². The van der Waals surface area contributed by atoms with Crippen molar-refractivity contribution in [2.24, 2.45) is 0 Å². The van der Waals surface area contributed by atoms with Crippen LogP contribution in [0.5, 0.6) is 11.5 Å². The van der Waals surface area contributed by atoms with Gasteiger partial charge in [0.2, 0.25) is 5.91 Å². The van der Waals surface area contributed by atoms with E-state index in [1.54, 1.807) is 30.3 Å². The Bertz CT molecular complexity index is 1740.